The van der Waals surface area contributed by atoms with E-state index in [1.165, 1.54) is 5.56 Å². The number of rotatable bonds is 8. The number of methoxy groups -OCH3 is 1. The number of nitrogens with zero attached hydrogens (tertiary/aromatic N) is 4. The molecule has 1 aromatic heterocycles. The topological polar surface area (TPSA) is 71.0 Å². The van der Waals surface area contributed by atoms with Crippen molar-refractivity contribution in [3.05, 3.63) is 101 Å². The summed E-state index contributed by atoms with van der Waals surface area (Å²) in [7, 11) is 3.58. The normalized spacial score (nSPS) is 13.2. The molecule has 0 unspecified atom stereocenters. The largest absolute Gasteiger partial charge is 0.504 e. The Bertz CT molecular complexity index is 1380. The van der Waals surface area contributed by atoms with Gasteiger partial charge in [0.2, 0.25) is 11.8 Å². The van der Waals surface area contributed by atoms with Crippen LogP contribution in [0.3, 0.4) is 0 Å². The van der Waals surface area contributed by atoms with Crippen LogP contribution in [0.25, 0.3) is 0 Å². The van der Waals surface area contributed by atoms with E-state index in [1.54, 1.807) is 13.2 Å². The molecule has 0 saturated carbocycles. The minimum Gasteiger partial charge on any atom is -0.504 e. The molecule has 190 valence electrons. The molecule has 1 aliphatic heterocycles. The first-order valence-electron chi connectivity index (χ1n) is 12.5. The van der Waals surface area contributed by atoms with Crippen LogP contribution >= 0.6 is 0 Å². The van der Waals surface area contributed by atoms with E-state index in [9.17, 15) is 5.11 Å². The molecule has 1 N–H and O–H groups in total. The van der Waals surface area contributed by atoms with Crippen LogP contribution in [-0.2, 0) is 26.1 Å². The number of phenols is 1. The summed E-state index contributed by atoms with van der Waals surface area (Å²) in [6, 6.07) is 23.8. The molecule has 0 atom stereocenters. The summed E-state index contributed by atoms with van der Waals surface area (Å²) in [6.45, 7) is 5.00. The molecule has 0 spiro atoms. The molecular formula is C30H32N4O3. The first-order valence-corrected chi connectivity index (χ1v) is 12.5. The van der Waals surface area contributed by atoms with E-state index in [-0.39, 0.29) is 5.75 Å². The van der Waals surface area contributed by atoms with E-state index in [1.807, 2.05) is 55.6 Å². The highest BCUT2D eigenvalue weighted by Gasteiger charge is 2.25. The zero-order chi connectivity index (χ0) is 25.8. The fourth-order valence-corrected chi connectivity index (χ4v) is 4.61. The van der Waals surface area contributed by atoms with Gasteiger partial charge in [-0.2, -0.15) is 4.98 Å². The lowest BCUT2D eigenvalue weighted by Gasteiger charge is -2.30. The molecule has 0 amide bonds. The predicted molar refractivity (Wildman–Crippen MR) is 144 cm³/mol. The Labute approximate surface area is 217 Å². The predicted octanol–water partition coefficient (Wildman–Crippen LogP) is 5.49. The highest BCUT2D eigenvalue weighted by atomic mass is 16.5. The van der Waals surface area contributed by atoms with Gasteiger partial charge in [-0.15, -0.1) is 0 Å². The third kappa shape index (κ3) is 5.84. The van der Waals surface area contributed by atoms with E-state index in [0.29, 0.717) is 30.7 Å². The molecule has 5 rings (SSSR count). The van der Waals surface area contributed by atoms with Gasteiger partial charge in [-0.1, -0.05) is 48.5 Å². The third-order valence-electron chi connectivity index (χ3n) is 6.55. The number of hydrogen-bond acceptors (Lipinski definition) is 7. The van der Waals surface area contributed by atoms with Gasteiger partial charge in [0.25, 0.3) is 0 Å². The van der Waals surface area contributed by atoms with Crippen molar-refractivity contribution >= 4 is 5.95 Å². The lowest BCUT2D eigenvalue weighted by molar-refractivity contribution is 0.237. The van der Waals surface area contributed by atoms with Crippen LogP contribution in [0.2, 0.25) is 0 Å². The fraction of sp³-hybridized carbons (Fsp3) is 0.267. The highest BCUT2D eigenvalue weighted by Crippen LogP contribution is 2.33. The molecule has 7 heteroatoms. The van der Waals surface area contributed by atoms with E-state index >= 15 is 0 Å². The second-order valence-corrected chi connectivity index (χ2v) is 9.48. The molecule has 7 nitrogen and oxygen atoms in total. The fourth-order valence-electron chi connectivity index (χ4n) is 4.61. The van der Waals surface area contributed by atoms with Gasteiger partial charge in [0.1, 0.15) is 5.75 Å². The van der Waals surface area contributed by atoms with Crippen molar-refractivity contribution in [2.24, 2.45) is 0 Å². The molecule has 1 aliphatic rings. The van der Waals surface area contributed by atoms with Crippen molar-refractivity contribution in [2.45, 2.75) is 33.0 Å². The van der Waals surface area contributed by atoms with Crippen LogP contribution < -0.4 is 14.4 Å². The second-order valence-electron chi connectivity index (χ2n) is 9.48. The van der Waals surface area contributed by atoms with Crippen molar-refractivity contribution in [2.75, 3.05) is 25.6 Å². The summed E-state index contributed by atoms with van der Waals surface area (Å²) in [5, 5.41) is 9.96. The summed E-state index contributed by atoms with van der Waals surface area (Å²) in [6.07, 6.45) is 0.795. The molecule has 3 aromatic carbocycles. The number of benzene rings is 3. The average molecular weight is 497 g/mol. The average Bonchev–Trinajstić information content (AvgIpc) is 2.90. The minimum atomic E-state index is 0.143. The number of anilines is 1. The van der Waals surface area contributed by atoms with E-state index in [0.717, 1.165) is 47.6 Å². The Morgan fingerprint density at radius 3 is 2.59 bits per heavy atom. The van der Waals surface area contributed by atoms with Crippen LogP contribution in [0.15, 0.2) is 72.8 Å². The number of phenolic OH excluding ortho intramolecular Hbond substituents is 1. The van der Waals surface area contributed by atoms with Gasteiger partial charge in [0, 0.05) is 39.6 Å². The van der Waals surface area contributed by atoms with Crippen LogP contribution in [-0.4, -0.2) is 40.7 Å². The Hall–Kier alpha value is -4.10. The molecule has 4 aromatic rings. The number of hydrogen-bond donors (Lipinski definition) is 1. The molecule has 37 heavy (non-hydrogen) atoms. The van der Waals surface area contributed by atoms with Crippen LogP contribution in [0.4, 0.5) is 5.95 Å². The van der Waals surface area contributed by atoms with Gasteiger partial charge in [-0.05, 0) is 47.9 Å². The number of aromatic nitrogens is 2. The highest BCUT2D eigenvalue weighted by molar-refractivity contribution is 5.45. The SMILES string of the molecule is COc1cc(CN2CCc3nc(N(C)Cc4ccccc4)nc(Oc4cccc(C)c4)c3C2)ccc1O. The number of ether oxygens (including phenoxy) is 2. The van der Waals surface area contributed by atoms with Crippen molar-refractivity contribution in [3.63, 3.8) is 0 Å². The molecule has 0 radical (unpaired) electrons. The second kappa shape index (κ2) is 10.9. The zero-order valence-electron chi connectivity index (χ0n) is 21.5. The zero-order valence-corrected chi connectivity index (χ0v) is 21.5. The molecule has 0 fully saturated rings. The molecule has 0 aliphatic carbocycles. The first-order chi connectivity index (χ1) is 18.0. The summed E-state index contributed by atoms with van der Waals surface area (Å²) in [5.74, 6) is 2.64. The van der Waals surface area contributed by atoms with Crippen molar-refractivity contribution in [1.29, 1.82) is 0 Å². The van der Waals surface area contributed by atoms with E-state index < -0.39 is 0 Å². The maximum Gasteiger partial charge on any atom is 0.228 e. The Morgan fingerprint density at radius 2 is 1.81 bits per heavy atom. The molecule has 2 heterocycles. The Kier molecular flexibility index (Phi) is 7.23. The standard InChI is InChI=1S/C30H32N4O3/c1-21-8-7-11-24(16-21)37-29-25-20-34(19-23-12-13-27(35)28(17-23)36-3)15-14-26(25)31-30(32-29)33(2)18-22-9-5-4-6-10-22/h4-13,16-17,35H,14-15,18-20H2,1-3H3. The van der Waals surface area contributed by atoms with Gasteiger partial charge in [-0.25, -0.2) is 4.98 Å². The van der Waals surface area contributed by atoms with Gasteiger partial charge in [-0.3, -0.25) is 4.90 Å². The third-order valence-corrected chi connectivity index (χ3v) is 6.55. The molecule has 0 saturated heterocycles. The summed E-state index contributed by atoms with van der Waals surface area (Å²) >= 11 is 0. The minimum absolute atomic E-state index is 0.143. The van der Waals surface area contributed by atoms with Crippen LogP contribution in [0.1, 0.15) is 27.9 Å². The molecular weight excluding hydrogens is 464 g/mol. The van der Waals surface area contributed by atoms with Gasteiger partial charge >= 0.3 is 0 Å². The van der Waals surface area contributed by atoms with Crippen molar-refractivity contribution in [1.82, 2.24) is 14.9 Å². The lowest BCUT2D eigenvalue weighted by atomic mass is 10.1. The monoisotopic (exact) mass is 496 g/mol. The lowest BCUT2D eigenvalue weighted by Crippen LogP contribution is -2.32. The van der Waals surface area contributed by atoms with E-state index in [2.05, 4.69) is 34.9 Å². The quantitative estimate of drug-likeness (QED) is 0.346. The molecule has 0 bridgehead atoms. The Balaban J connectivity index is 1.44. The van der Waals surface area contributed by atoms with Crippen LogP contribution in [0.5, 0.6) is 23.1 Å². The summed E-state index contributed by atoms with van der Waals surface area (Å²) < 4.78 is 11.7. The number of fused-ring (bicyclic) bond motifs is 1. The summed E-state index contributed by atoms with van der Waals surface area (Å²) in [5.41, 5.74) is 5.43. The van der Waals surface area contributed by atoms with Gasteiger partial charge in [0.05, 0.1) is 18.4 Å². The number of aryl methyl sites for hydroxylation is 1. The van der Waals surface area contributed by atoms with E-state index in [4.69, 9.17) is 19.4 Å². The smallest absolute Gasteiger partial charge is 0.228 e. The van der Waals surface area contributed by atoms with Gasteiger partial charge < -0.3 is 19.5 Å². The summed E-state index contributed by atoms with van der Waals surface area (Å²) in [4.78, 5) is 14.3. The number of aromatic hydroxyl groups is 1. The first kappa shape index (κ1) is 24.6. The Morgan fingerprint density at radius 1 is 0.973 bits per heavy atom. The maximum atomic E-state index is 9.96. The van der Waals surface area contributed by atoms with Crippen molar-refractivity contribution in [3.8, 4) is 23.1 Å². The van der Waals surface area contributed by atoms with Crippen molar-refractivity contribution < 1.29 is 14.6 Å². The van der Waals surface area contributed by atoms with Gasteiger partial charge in [0.15, 0.2) is 11.5 Å². The maximum absolute atomic E-state index is 9.96. The van der Waals surface area contributed by atoms with Crippen LogP contribution in [0, 0.1) is 6.92 Å².